The molecule has 0 heterocycles. The van der Waals surface area contributed by atoms with Gasteiger partial charge >= 0.3 is 19.8 Å². The third kappa shape index (κ3) is 4.98. The highest BCUT2D eigenvalue weighted by atomic mass is 31.2. The smallest absolute Gasteiger partial charge is 0.430 e. The summed E-state index contributed by atoms with van der Waals surface area (Å²) in [6, 6.07) is 6.60. The molecule has 2 rings (SSSR count). The molecule has 0 aromatic heterocycles. The molecule has 0 saturated carbocycles. The van der Waals surface area contributed by atoms with E-state index in [9.17, 15) is 18.9 Å². The van der Waals surface area contributed by atoms with E-state index in [0.717, 1.165) is 0 Å². The van der Waals surface area contributed by atoms with Crippen LogP contribution in [-0.4, -0.2) is 53.7 Å². The number of nitrogens with one attached hydrogen (secondary N) is 1. The van der Waals surface area contributed by atoms with Crippen LogP contribution in [0.15, 0.2) is 24.3 Å². The molecule has 0 bridgehead atoms. The number of Topliss-reactive ketones (excluding diaryl/α,β-unsaturated/α-hetero) is 1. The van der Waals surface area contributed by atoms with Gasteiger partial charge in [-0.05, 0) is 47.1 Å². The second-order valence-corrected chi connectivity index (χ2v) is 9.81. The number of carbonyl (C=O) groups is 3. The lowest BCUT2D eigenvalue weighted by Crippen LogP contribution is -2.63. The maximum Gasteiger partial charge on any atom is 0.430 e. The highest BCUT2D eigenvalue weighted by Crippen LogP contribution is 2.66. The molecule has 0 saturated heterocycles. The maximum atomic E-state index is 14.4. The molecule has 2 amide bonds. The fourth-order valence-corrected chi connectivity index (χ4v) is 6.09. The Kier molecular flexibility index (Phi) is 8.45. The van der Waals surface area contributed by atoms with E-state index in [-0.39, 0.29) is 25.2 Å². The number of ketones is 1. The minimum absolute atomic E-state index is 0.00627. The Labute approximate surface area is 188 Å². The fourth-order valence-electron chi connectivity index (χ4n) is 3.47. The van der Waals surface area contributed by atoms with Gasteiger partial charge in [-0.2, -0.15) is 5.01 Å². The molecule has 32 heavy (non-hydrogen) atoms. The molecule has 1 N–H and O–H groups in total. The molecule has 1 aromatic carbocycles. The summed E-state index contributed by atoms with van der Waals surface area (Å²) in [5.41, 5.74) is 3.02. The first-order valence-corrected chi connectivity index (χ1v) is 12.1. The Balaban J connectivity index is 2.79. The second-order valence-electron chi connectivity index (χ2n) is 7.65. The summed E-state index contributed by atoms with van der Waals surface area (Å²) < 4.78 is 36.0. The average Bonchev–Trinajstić information content (AvgIpc) is 2.99. The van der Waals surface area contributed by atoms with Gasteiger partial charge in [0.15, 0.2) is 0 Å². The van der Waals surface area contributed by atoms with Gasteiger partial charge in [0.2, 0.25) is 11.1 Å². The van der Waals surface area contributed by atoms with Crippen LogP contribution < -0.4 is 5.43 Å². The topological polar surface area (TPSA) is 120 Å². The molecule has 1 aliphatic carbocycles. The summed E-state index contributed by atoms with van der Waals surface area (Å²) in [6.45, 7) is 9.61. The molecule has 1 unspecified atom stereocenters. The van der Waals surface area contributed by atoms with Gasteiger partial charge in [-0.1, -0.05) is 24.3 Å². The molecule has 0 aliphatic heterocycles. The van der Waals surface area contributed by atoms with E-state index in [2.05, 4.69) is 5.43 Å². The Hall–Kier alpha value is -2.42. The highest BCUT2D eigenvalue weighted by Gasteiger charge is 2.67. The minimum atomic E-state index is -4.45. The monoisotopic (exact) mass is 470 g/mol. The molecular weight excluding hydrogens is 439 g/mol. The summed E-state index contributed by atoms with van der Waals surface area (Å²) >= 11 is 0. The Bertz CT molecular complexity index is 890. The van der Waals surface area contributed by atoms with E-state index >= 15 is 0 Å². The van der Waals surface area contributed by atoms with Crippen molar-refractivity contribution >= 4 is 25.6 Å². The molecule has 1 aromatic rings. The quantitative estimate of drug-likeness (QED) is 0.441. The number of benzene rings is 1. The van der Waals surface area contributed by atoms with Gasteiger partial charge in [-0.15, -0.1) is 0 Å². The number of amides is 2. The first-order valence-electron chi connectivity index (χ1n) is 10.5. The number of hydrogen-bond acceptors (Lipinski definition) is 8. The van der Waals surface area contributed by atoms with Gasteiger partial charge < -0.3 is 18.5 Å². The van der Waals surface area contributed by atoms with Gasteiger partial charge in [0.1, 0.15) is 0 Å². The van der Waals surface area contributed by atoms with Crippen LogP contribution in [0.2, 0.25) is 0 Å². The maximum absolute atomic E-state index is 14.4. The molecule has 0 radical (unpaired) electrons. The first kappa shape index (κ1) is 25.8. The lowest BCUT2D eigenvalue weighted by atomic mass is 10.1. The number of rotatable bonds is 8. The number of hydrogen-bond donors (Lipinski definition) is 1. The molecule has 0 fully saturated rings. The third-order valence-electron chi connectivity index (χ3n) is 4.51. The lowest BCUT2D eigenvalue weighted by molar-refractivity contribution is 0.0245. The Morgan fingerprint density at radius 2 is 1.62 bits per heavy atom. The van der Waals surface area contributed by atoms with Crippen LogP contribution in [0.4, 0.5) is 9.59 Å². The van der Waals surface area contributed by atoms with E-state index in [1.54, 1.807) is 65.8 Å². The van der Waals surface area contributed by atoms with Gasteiger partial charge in [0.05, 0.1) is 25.4 Å². The van der Waals surface area contributed by atoms with Crippen LogP contribution >= 0.6 is 7.60 Å². The zero-order chi connectivity index (χ0) is 24.1. The van der Waals surface area contributed by atoms with Crippen molar-refractivity contribution in [1.82, 2.24) is 10.4 Å². The standard InChI is InChI=1S/C21H31N2O8P/c1-7-28-19(25)22-23(20(26)29-8-2)21(32(27,30-14(3)4)31-15(5)6)13-16-11-9-10-12-17(16)18(21)24/h9-12,14-15H,7-8,13H2,1-6H3,(H,22,25). The summed E-state index contributed by atoms with van der Waals surface area (Å²) in [4.78, 5) is 39.2. The Morgan fingerprint density at radius 3 is 2.12 bits per heavy atom. The van der Waals surface area contributed by atoms with Crippen molar-refractivity contribution in [2.75, 3.05) is 13.2 Å². The molecule has 1 aliphatic rings. The predicted molar refractivity (Wildman–Crippen MR) is 116 cm³/mol. The summed E-state index contributed by atoms with van der Waals surface area (Å²) in [7, 11) is -4.45. The number of carbonyl (C=O) groups excluding carboxylic acids is 3. The molecule has 11 heteroatoms. The minimum Gasteiger partial charge on any atom is -0.449 e. The largest absolute Gasteiger partial charge is 0.449 e. The summed E-state index contributed by atoms with van der Waals surface area (Å²) in [6.07, 6.45) is -3.59. The number of nitrogens with zero attached hydrogens (tertiary/aromatic N) is 1. The SMILES string of the molecule is CCOC(=O)NN(C(=O)OCC)C1(P(=O)(OC(C)C)OC(C)C)Cc2ccccc2C1=O. The van der Waals surface area contributed by atoms with Crippen molar-refractivity contribution in [3.8, 4) is 0 Å². The number of fused-ring (bicyclic) bond motifs is 1. The Morgan fingerprint density at radius 1 is 1.06 bits per heavy atom. The van der Waals surface area contributed by atoms with Crippen LogP contribution in [0.25, 0.3) is 0 Å². The van der Waals surface area contributed by atoms with E-state index in [1.165, 1.54) is 0 Å². The molecule has 178 valence electrons. The first-order chi connectivity index (χ1) is 15.0. The van der Waals surface area contributed by atoms with Crippen molar-refractivity contribution in [3.05, 3.63) is 35.4 Å². The summed E-state index contributed by atoms with van der Waals surface area (Å²) in [5, 5.41) is -1.62. The van der Waals surface area contributed by atoms with Crippen LogP contribution in [0.3, 0.4) is 0 Å². The lowest BCUT2D eigenvalue weighted by Gasteiger charge is -2.42. The van der Waals surface area contributed by atoms with Gasteiger partial charge in [-0.3, -0.25) is 9.36 Å². The van der Waals surface area contributed by atoms with E-state index in [4.69, 9.17) is 18.5 Å². The van der Waals surface area contributed by atoms with Crippen molar-refractivity contribution in [1.29, 1.82) is 0 Å². The van der Waals surface area contributed by atoms with E-state index in [1.807, 2.05) is 0 Å². The van der Waals surface area contributed by atoms with E-state index in [0.29, 0.717) is 10.6 Å². The molecule has 0 spiro atoms. The van der Waals surface area contributed by atoms with E-state index < -0.39 is 43.1 Å². The second kappa shape index (κ2) is 10.5. The van der Waals surface area contributed by atoms with Crippen LogP contribution in [0, 0.1) is 0 Å². The molecule has 1 atom stereocenters. The van der Waals surface area contributed by atoms with Crippen molar-refractivity contribution in [2.45, 2.75) is 65.5 Å². The molecule has 10 nitrogen and oxygen atoms in total. The van der Waals surface area contributed by atoms with Crippen LogP contribution in [0.1, 0.15) is 57.5 Å². The molecular formula is C21H31N2O8P. The van der Waals surface area contributed by atoms with Gasteiger partial charge in [0, 0.05) is 12.0 Å². The number of hydrazine groups is 1. The van der Waals surface area contributed by atoms with Crippen LogP contribution in [-0.2, 0) is 29.5 Å². The van der Waals surface area contributed by atoms with Crippen molar-refractivity contribution in [2.24, 2.45) is 0 Å². The van der Waals surface area contributed by atoms with Gasteiger partial charge in [-0.25, -0.2) is 15.0 Å². The normalized spacial score (nSPS) is 17.9. The zero-order valence-electron chi connectivity index (χ0n) is 19.2. The zero-order valence-corrected chi connectivity index (χ0v) is 20.1. The number of ether oxygens (including phenoxy) is 2. The van der Waals surface area contributed by atoms with Crippen molar-refractivity contribution < 1.29 is 37.5 Å². The highest BCUT2D eigenvalue weighted by molar-refractivity contribution is 7.57. The van der Waals surface area contributed by atoms with Crippen molar-refractivity contribution in [3.63, 3.8) is 0 Å². The van der Waals surface area contributed by atoms with Crippen LogP contribution in [0.5, 0.6) is 0 Å². The fraction of sp³-hybridized carbons (Fsp3) is 0.571. The summed E-state index contributed by atoms with van der Waals surface area (Å²) in [5.74, 6) is -0.692. The predicted octanol–water partition coefficient (Wildman–Crippen LogP) is 4.28. The average molecular weight is 470 g/mol. The third-order valence-corrected chi connectivity index (χ3v) is 7.38. The van der Waals surface area contributed by atoms with Gasteiger partial charge in [0.25, 0.3) is 0 Å².